The molecule has 0 radical (unpaired) electrons. The van der Waals surface area contributed by atoms with Crippen molar-refractivity contribution < 1.29 is 9.84 Å². The van der Waals surface area contributed by atoms with E-state index in [1.807, 2.05) is 20.8 Å². The fourth-order valence-corrected chi connectivity index (χ4v) is 1.36. The summed E-state index contributed by atoms with van der Waals surface area (Å²) in [7, 11) is 0. The van der Waals surface area contributed by atoms with Gasteiger partial charge in [0, 0.05) is 32.7 Å². The highest BCUT2D eigenvalue weighted by Gasteiger charge is 2.15. The molecule has 0 aliphatic carbocycles. The highest BCUT2D eigenvalue weighted by molar-refractivity contribution is 4.67. The molecule has 5 heteroatoms. The number of aliphatic hydroxyl groups excluding tert-OH is 1. The molecule has 0 saturated carbocycles. The molecular weight excluding hydrogens is 206 g/mol. The second kappa shape index (κ2) is 7.97. The van der Waals surface area contributed by atoms with Gasteiger partial charge in [0.2, 0.25) is 0 Å². The van der Waals surface area contributed by atoms with E-state index in [0.29, 0.717) is 26.2 Å². The highest BCUT2D eigenvalue weighted by Crippen LogP contribution is 2.07. The van der Waals surface area contributed by atoms with Gasteiger partial charge in [-0.05, 0) is 20.8 Å². The third kappa shape index (κ3) is 9.06. The maximum atomic E-state index is 9.79. The molecule has 98 valence electrons. The molecule has 0 saturated heterocycles. The number of ether oxygens (including phenoxy) is 1. The van der Waals surface area contributed by atoms with Crippen LogP contribution < -0.4 is 11.5 Å². The maximum absolute atomic E-state index is 9.79. The van der Waals surface area contributed by atoms with Crippen LogP contribution in [-0.4, -0.2) is 61.0 Å². The molecule has 0 bridgehead atoms. The summed E-state index contributed by atoms with van der Waals surface area (Å²) in [5.41, 5.74) is 10.8. The molecule has 0 aromatic rings. The summed E-state index contributed by atoms with van der Waals surface area (Å²) in [6.07, 6.45) is -0.489. The normalized spacial score (nSPS) is 14.4. The van der Waals surface area contributed by atoms with Gasteiger partial charge in [-0.1, -0.05) is 0 Å². The van der Waals surface area contributed by atoms with Gasteiger partial charge in [-0.2, -0.15) is 0 Å². The van der Waals surface area contributed by atoms with E-state index >= 15 is 0 Å². The Morgan fingerprint density at radius 2 is 1.69 bits per heavy atom. The van der Waals surface area contributed by atoms with Crippen LogP contribution in [0.25, 0.3) is 0 Å². The summed E-state index contributed by atoms with van der Waals surface area (Å²) < 4.78 is 5.51. The molecule has 5 nitrogen and oxygen atoms in total. The van der Waals surface area contributed by atoms with Gasteiger partial charge in [0.25, 0.3) is 0 Å². The third-order valence-electron chi connectivity index (χ3n) is 2.07. The van der Waals surface area contributed by atoms with Gasteiger partial charge in [0.15, 0.2) is 0 Å². The summed E-state index contributed by atoms with van der Waals surface area (Å²) >= 11 is 0. The zero-order valence-electron chi connectivity index (χ0n) is 10.8. The van der Waals surface area contributed by atoms with Crippen molar-refractivity contribution in [3.63, 3.8) is 0 Å². The van der Waals surface area contributed by atoms with Crippen molar-refractivity contribution in [2.75, 3.05) is 39.3 Å². The Morgan fingerprint density at radius 1 is 1.19 bits per heavy atom. The Balaban J connectivity index is 3.85. The van der Waals surface area contributed by atoms with Crippen molar-refractivity contribution in [3.05, 3.63) is 0 Å². The van der Waals surface area contributed by atoms with Crippen LogP contribution in [-0.2, 0) is 4.74 Å². The Hall–Kier alpha value is -0.200. The van der Waals surface area contributed by atoms with Crippen LogP contribution in [0.5, 0.6) is 0 Å². The van der Waals surface area contributed by atoms with Crippen LogP contribution in [0.2, 0.25) is 0 Å². The minimum atomic E-state index is -0.489. The Labute approximate surface area is 98.7 Å². The predicted molar refractivity (Wildman–Crippen MR) is 66.3 cm³/mol. The van der Waals surface area contributed by atoms with Gasteiger partial charge < -0.3 is 21.3 Å². The molecule has 0 fully saturated rings. The molecule has 0 heterocycles. The number of hydrogen-bond donors (Lipinski definition) is 3. The first-order valence-electron chi connectivity index (χ1n) is 5.83. The van der Waals surface area contributed by atoms with Crippen molar-refractivity contribution in [1.29, 1.82) is 0 Å². The van der Waals surface area contributed by atoms with E-state index in [1.54, 1.807) is 0 Å². The number of aliphatic hydroxyl groups is 1. The van der Waals surface area contributed by atoms with Crippen LogP contribution >= 0.6 is 0 Å². The van der Waals surface area contributed by atoms with E-state index in [1.165, 1.54) is 0 Å². The monoisotopic (exact) mass is 233 g/mol. The Morgan fingerprint density at radius 3 is 2.06 bits per heavy atom. The van der Waals surface area contributed by atoms with Gasteiger partial charge in [0.05, 0.1) is 18.3 Å². The van der Waals surface area contributed by atoms with Crippen molar-refractivity contribution in [3.8, 4) is 0 Å². The maximum Gasteiger partial charge on any atom is 0.0900 e. The molecule has 0 aromatic carbocycles. The quantitative estimate of drug-likeness (QED) is 0.520. The molecule has 1 unspecified atom stereocenters. The van der Waals surface area contributed by atoms with E-state index in [2.05, 4.69) is 4.90 Å². The van der Waals surface area contributed by atoms with Gasteiger partial charge in [-0.3, -0.25) is 4.90 Å². The Bertz CT molecular complexity index is 165. The summed E-state index contributed by atoms with van der Waals surface area (Å²) in [5.74, 6) is 0. The molecule has 0 aliphatic heterocycles. The molecule has 0 aliphatic rings. The lowest BCUT2D eigenvalue weighted by molar-refractivity contribution is -0.0557. The molecule has 0 aromatic heterocycles. The zero-order valence-corrected chi connectivity index (χ0v) is 10.8. The molecule has 5 N–H and O–H groups in total. The predicted octanol–water partition coefficient (Wildman–Crippen LogP) is -0.618. The second-order valence-corrected chi connectivity index (χ2v) is 4.96. The Kier molecular flexibility index (Phi) is 7.87. The number of nitrogens with zero attached hydrogens (tertiary/aromatic N) is 1. The van der Waals surface area contributed by atoms with E-state index < -0.39 is 6.10 Å². The first-order chi connectivity index (χ1) is 7.39. The van der Waals surface area contributed by atoms with Gasteiger partial charge >= 0.3 is 0 Å². The smallest absolute Gasteiger partial charge is 0.0900 e. The van der Waals surface area contributed by atoms with Gasteiger partial charge in [-0.15, -0.1) is 0 Å². The summed E-state index contributed by atoms with van der Waals surface area (Å²) in [5, 5.41) is 9.79. The topological polar surface area (TPSA) is 84.7 Å². The lowest BCUT2D eigenvalue weighted by Crippen LogP contribution is -2.41. The van der Waals surface area contributed by atoms with E-state index in [0.717, 1.165) is 13.1 Å². The SMILES string of the molecule is CC(C)(C)OCC(O)CN(CCN)CCN. The summed E-state index contributed by atoms with van der Waals surface area (Å²) in [6, 6.07) is 0. The molecule has 0 spiro atoms. The van der Waals surface area contributed by atoms with Crippen LogP contribution in [0, 0.1) is 0 Å². The fourth-order valence-electron chi connectivity index (χ4n) is 1.36. The number of rotatable bonds is 8. The van der Waals surface area contributed by atoms with Crippen LogP contribution in [0.4, 0.5) is 0 Å². The van der Waals surface area contributed by atoms with Crippen molar-refractivity contribution in [2.24, 2.45) is 11.5 Å². The van der Waals surface area contributed by atoms with Gasteiger partial charge in [0.1, 0.15) is 0 Å². The van der Waals surface area contributed by atoms with Crippen LogP contribution in [0.1, 0.15) is 20.8 Å². The molecule has 1 atom stereocenters. The van der Waals surface area contributed by atoms with Crippen LogP contribution in [0.15, 0.2) is 0 Å². The van der Waals surface area contributed by atoms with E-state index in [4.69, 9.17) is 16.2 Å². The largest absolute Gasteiger partial charge is 0.389 e. The lowest BCUT2D eigenvalue weighted by Gasteiger charge is -2.26. The second-order valence-electron chi connectivity index (χ2n) is 4.96. The summed E-state index contributed by atoms with van der Waals surface area (Å²) in [4.78, 5) is 2.05. The van der Waals surface area contributed by atoms with Crippen molar-refractivity contribution in [1.82, 2.24) is 4.90 Å². The van der Waals surface area contributed by atoms with Crippen LogP contribution in [0.3, 0.4) is 0 Å². The number of hydrogen-bond acceptors (Lipinski definition) is 5. The fraction of sp³-hybridized carbons (Fsp3) is 1.00. The first kappa shape index (κ1) is 15.8. The zero-order chi connectivity index (χ0) is 12.6. The third-order valence-corrected chi connectivity index (χ3v) is 2.07. The standard InChI is InChI=1S/C11H27N3O2/c1-11(2,3)16-9-10(15)8-14(6-4-12)7-5-13/h10,15H,4-9,12-13H2,1-3H3. The average molecular weight is 233 g/mol. The molecule has 16 heavy (non-hydrogen) atoms. The van der Waals surface area contributed by atoms with Crippen molar-refractivity contribution >= 4 is 0 Å². The molecule has 0 rings (SSSR count). The lowest BCUT2D eigenvalue weighted by atomic mass is 10.2. The van der Waals surface area contributed by atoms with E-state index in [9.17, 15) is 5.11 Å². The minimum Gasteiger partial charge on any atom is -0.389 e. The average Bonchev–Trinajstić information content (AvgIpc) is 2.14. The van der Waals surface area contributed by atoms with Gasteiger partial charge in [-0.25, -0.2) is 0 Å². The highest BCUT2D eigenvalue weighted by atomic mass is 16.5. The summed E-state index contributed by atoms with van der Waals surface area (Å²) in [6.45, 7) is 9.47. The van der Waals surface area contributed by atoms with Crippen molar-refractivity contribution in [2.45, 2.75) is 32.5 Å². The minimum absolute atomic E-state index is 0.215. The molecular formula is C11H27N3O2. The first-order valence-corrected chi connectivity index (χ1v) is 5.83. The van der Waals surface area contributed by atoms with E-state index in [-0.39, 0.29) is 5.60 Å². The number of nitrogens with two attached hydrogens (primary N) is 2. The molecule has 0 amide bonds.